The van der Waals surface area contributed by atoms with E-state index in [2.05, 4.69) is 55.4 Å². The molecule has 3 N–H and O–H groups in total. The quantitative estimate of drug-likeness (QED) is 0.0222. The molecule has 0 spiro atoms. The molecule has 0 aliphatic heterocycles. The average molecular weight is 1230 g/mol. The maximum absolute atomic E-state index is 13.0. The molecule has 0 aliphatic carbocycles. The van der Waals surface area contributed by atoms with Crippen LogP contribution in [0.1, 0.15) is 306 Å². The van der Waals surface area contributed by atoms with Gasteiger partial charge in [-0.1, -0.05) is 254 Å². The number of phosphoric ester groups is 2. The molecule has 0 saturated carbocycles. The van der Waals surface area contributed by atoms with Gasteiger partial charge < -0.3 is 33.8 Å². The lowest BCUT2D eigenvalue weighted by Crippen LogP contribution is -2.30. The van der Waals surface area contributed by atoms with Gasteiger partial charge in [0.2, 0.25) is 0 Å². The summed E-state index contributed by atoms with van der Waals surface area (Å²) in [6.07, 6.45) is 33.7. The van der Waals surface area contributed by atoms with Gasteiger partial charge in [0.05, 0.1) is 26.4 Å². The van der Waals surface area contributed by atoms with Gasteiger partial charge >= 0.3 is 39.5 Å². The van der Waals surface area contributed by atoms with Crippen molar-refractivity contribution in [3.8, 4) is 0 Å². The smallest absolute Gasteiger partial charge is 0.462 e. The molecular formula is C64H124O17P2. The van der Waals surface area contributed by atoms with Crippen LogP contribution in [-0.2, 0) is 65.4 Å². The molecule has 0 amide bonds. The van der Waals surface area contributed by atoms with Gasteiger partial charge in [-0.2, -0.15) is 0 Å². The Labute approximate surface area is 505 Å². The van der Waals surface area contributed by atoms with E-state index in [4.69, 9.17) is 37.0 Å². The molecule has 0 heterocycles. The van der Waals surface area contributed by atoms with Crippen LogP contribution in [0.15, 0.2) is 0 Å². The molecule has 0 fully saturated rings. The van der Waals surface area contributed by atoms with E-state index < -0.39 is 97.5 Å². The lowest BCUT2D eigenvalue weighted by molar-refractivity contribution is -0.161. The maximum Gasteiger partial charge on any atom is 0.472 e. The van der Waals surface area contributed by atoms with Crippen LogP contribution in [0, 0.1) is 23.7 Å². The number of esters is 4. The van der Waals surface area contributed by atoms with Crippen molar-refractivity contribution in [3.63, 3.8) is 0 Å². The third kappa shape index (κ3) is 58.8. The van der Waals surface area contributed by atoms with Crippen molar-refractivity contribution in [3.05, 3.63) is 0 Å². The topological polar surface area (TPSA) is 237 Å². The summed E-state index contributed by atoms with van der Waals surface area (Å²) >= 11 is 0. The molecule has 17 nitrogen and oxygen atoms in total. The molecule has 0 bridgehead atoms. The van der Waals surface area contributed by atoms with Gasteiger partial charge in [0, 0.05) is 25.7 Å². The Hall–Kier alpha value is -1.94. The van der Waals surface area contributed by atoms with Crippen LogP contribution in [0.5, 0.6) is 0 Å². The van der Waals surface area contributed by atoms with Crippen LogP contribution >= 0.6 is 15.6 Å². The lowest BCUT2D eigenvalue weighted by Gasteiger charge is -2.21. The number of ether oxygens (including phenoxy) is 4. The Bertz CT molecular complexity index is 1660. The molecule has 0 aromatic rings. The summed E-state index contributed by atoms with van der Waals surface area (Å²) in [4.78, 5) is 72.2. The van der Waals surface area contributed by atoms with E-state index in [1.165, 1.54) is 103 Å². The third-order valence-electron chi connectivity index (χ3n) is 14.6. The summed E-state index contributed by atoms with van der Waals surface area (Å²) < 4.78 is 68.0. The van der Waals surface area contributed by atoms with Crippen LogP contribution in [0.2, 0.25) is 0 Å². The zero-order valence-corrected chi connectivity index (χ0v) is 55.6. The first kappa shape index (κ1) is 81.1. The van der Waals surface area contributed by atoms with Crippen LogP contribution in [0.25, 0.3) is 0 Å². The van der Waals surface area contributed by atoms with E-state index in [1.807, 2.05) is 0 Å². The number of carbonyl (C=O) groups excluding carboxylic acids is 4. The zero-order valence-electron chi connectivity index (χ0n) is 53.8. The van der Waals surface area contributed by atoms with Crippen molar-refractivity contribution in [1.82, 2.24) is 0 Å². The summed E-state index contributed by atoms with van der Waals surface area (Å²) in [5.41, 5.74) is 0. The van der Waals surface area contributed by atoms with Gasteiger partial charge in [0.1, 0.15) is 19.3 Å². The van der Waals surface area contributed by atoms with Gasteiger partial charge in [-0.25, -0.2) is 9.13 Å². The molecule has 5 atom stereocenters. The zero-order chi connectivity index (χ0) is 61.8. The Morgan fingerprint density at radius 3 is 0.747 bits per heavy atom. The number of phosphoric acid groups is 2. The van der Waals surface area contributed by atoms with Gasteiger partial charge in [0.25, 0.3) is 0 Å². The molecule has 0 aliphatic rings. The minimum absolute atomic E-state index is 0.103. The van der Waals surface area contributed by atoms with Crippen molar-refractivity contribution in [2.24, 2.45) is 23.7 Å². The molecule has 0 radical (unpaired) electrons. The number of unbranched alkanes of at least 4 members (excludes halogenated alkanes) is 27. The maximum atomic E-state index is 13.0. The predicted octanol–water partition coefficient (Wildman–Crippen LogP) is 17.4. The number of rotatable bonds is 61. The highest BCUT2D eigenvalue weighted by Crippen LogP contribution is 2.45. The first-order chi connectivity index (χ1) is 39.6. The minimum atomic E-state index is -4.94. The largest absolute Gasteiger partial charge is 0.472 e. The molecule has 0 aromatic heterocycles. The first-order valence-corrected chi connectivity index (χ1v) is 36.2. The summed E-state index contributed by atoms with van der Waals surface area (Å²) in [6, 6.07) is 0. The fraction of sp³-hybridized carbons (Fsp3) is 0.938. The number of carbonyl (C=O) groups is 4. The number of hydrogen-bond acceptors (Lipinski definition) is 15. The summed E-state index contributed by atoms with van der Waals surface area (Å²) in [6.45, 7) is 13.9. The summed E-state index contributed by atoms with van der Waals surface area (Å²) in [7, 11) is -9.89. The van der Waals surface area contributed by atoms with E-state index in [-0.39, 0.29) is 25.7 Å². The number of aliphatic hydroxyl groups is 1. The highest BCUT2D eigenvalue weighted by molar-refractivity contribution is 7.47. The predicted molar refractivity (Wildman–Crippen MR) is 331 cm³/mol. The fourth-order valence-corrected chi connectivity index (χ4v) is 11.0. The van der Waals surface area contributed by atoms with Gasteiger partial charge in [-0.05, 0) is 49.4 Å². The molecule has 0 aromatic carbocycles. The Kier molecular flexibility index (Phi) is 53.0. The Morgan fingerprint density at radius 2 is 0.506 bits per heavy atom. The molecule has 83 heavy (non-hydrogen) atoms. The molecule has 3 unspecified atom stereocenters. The van der Waals surface area contributed by atoms with Crippen molar-refractivity contribution in [1.29, 1.82) is 0 Å². The second-order valence-electron chi connectivity index (χ2n) is 25.1. The van der Waals surface area contributed by atoms with Gasteiger partial charge in [-0.3, -0.25) is 37.3 Å². The second-order valence-corrected chi connectivity index (χ2v) is 28.0. The van der Waals surface area contributed by atoms with E-state index in [1.54, 1.807) is 0 Å². The summed E-state index contributed by atoms with van der Waals surface area (Å²) in [5.74, 6) is 0.719. The molecule has 19 heteroatoms. The fourth-order valence-electron chi connectivity index (χ4n) is 9.43. The first-order valence-electron chi connectivity index (χ1n) is 33.2. The normalized spacial score (nSPS) is 14.4. The lowest BCUT2D eigenvalue weighted by atomic mass is 10.0. The van der Waals surface area contributed by atoms with Crippen LogP contribution in [0.4, 0.5) is 0 Å². The monoisotopic (exact) mass is 1230 g/mol. The minimum Gasteiger partial charge on any atom is -0.462 e. The highest BCUT2D eigenvalue weighted by atomic mass is 31.2. The third-order valence-corrected chi connectivity index (χ3v) is 16.5. The van der Waals surface area contributed by atoms with E-state index in [0.29, 0.717) is 31.6 Å². The number of hydrogen-bond donors (Lipinski definition) is 3. The molecule has 0 saturated heterocycles. The Balaban J connectivity index is 5.25. The summed E-state index contributed by atoms with van der Waals surface area (Å²) in [5, 5.41) is 10.5. The highest BCUT2D eigenvalue weighted by Gasteiger charge is 2.30. The van der Waals surface area contributed by atoms with Gasteiger partial charge in [-0.15, -0.1) is 0 Å². The van der Waals surface area contributed by atoms with Gasteiger partial charge in [0.15, 0.2) is 12.2 Å². The van der Waals surface area contributed by atoms with Crippen LogP contribution < -0.4 is 0 Å². The van der Waals surface area contributed by atoms with Crippen molar-refractivity contribution < 1.29 is 80.2 Å². The second kappa shape index (κ2) is 54.2. The number of aliphatic hydroxyl groups excluding tert-OH is 1. The van der Waals surface area contributed by atoms with Crippen LogP contribution in [0.3, 0.4) is 0 Å². The van der Waals surface area contributed by atoms with E-state index >= 15 is 0 Å². The Morgan fingerprint density at radius 1 is 0.301 bits per heavy atom. The average Bonchev–Trinajstić information content (AvgIpc) is 3.44. The van der Waals surface area contributed by atoms with E-state index in [9.17, 15) is 43.2 Å². The van der Waals surface area contributed by atoms with Crippen molar-refractivity contribution >= 4 is 39.5 Å². The van der Waals surface area contributed by atoms with Crippen molar-refractivity contribution in [2.45, 2.75) is 324 Å². The molecule has 492 valence electrons. The van der Waals surface area contributed by atoms with Crippen LogP contribution in [-0.4, -0.2) is 96.7 Å². The SMILES string of the molecule is CC(C)CCCCCCCCCCCC(=O)O[C@H](COC(=O)CCCCCCCCC(C)C)COP(=O)(O)OCC(O)COP(=O)(O)OC[C@@H](COC(=O)CCCCCCCCCCC(C)C)OC(=O)CCCCCCCCCCC(C)C. The molecule has 0 rings (SSSR count). The molecular weight excluding hydrogens is 1100 g/mol. The van der Waals surface area contributed by atoms with E-state index in [0.717, 1.165) is 114 Å². The van der Waals surface area contributed by atoms with Crippen molar-refractivity contribution in [2.75, 3.05) is 39.6 Å². The standard InChI is InChI=1S/C64H124O17P2/c1-54(2)40-32-24-16-10-9-11-20-30-38-46-63(68)80-60(51-75-62(67)45-37-29-23-22-27-35-43-57(7)8)53-79-83(72,73)77-49-58(65)48-76-82(70,71)78-52-59(81-64(69)47-39-31-21-15-13-18-26-34-42-56(5)6)50-74-61(66)44-36-28-19-14-12-17-25-33-41-55(3)4/h54-60,65H,9-53H2,1-8H3,(H,70,71)(H,72,73)/t58?,59-,60-/m1/s1.